The van der Waals surface area contributed by atoms with E-state index in [0.29, 0.717) is 5.92 Å². The molecule has 3 atom stereocenters. The third-order valence-electron chi connectivity index (χ3n) is 4.84. The van der Waals surface area contributed by atoms with Gasteiger partial charge in [0.15, 0.2) is 0 Å². The molecule has 0 aromatic carbocycles. The molecule has 2 amide bonds. The zero-order valence-corrected chi connectivity index (χ0v) is 13.8. The highest BCUT2D eigenvalue weighted by atomic mass is 32.1. The molecule has 1 aromatic heterocycles. The smallest absolute Gasteiger partial charge is 0.249 e. The molecule has 1 aromatic rings. The number of nitrogens with one attached hydrogen (secondary N) is 1. The molecule has 2 aliphatic rings. The van der Waals surface area contributed by atoms with E-state index in [4.69, 9.17) is 0 Å². The van der Waals surface area contributed by atoms with Crippen LogP contribution < -0.4 is 5.32 Å². The Morgan fingerprint density at radius 2 is 2.05 bits per heavy atom. The minimum Gasteiger partial charge on any atom is -0.340 e. The van der Waals surface area contributed by atoms with E-state index in [9.17, 15) is 9.59 Å². The van der Waals surface area contributed by atoms with Gasteiger partial charge in [-0.25, -0.2) is 0 Å². The minimum absolute atomic E-state index is 0.0378. The second kappa shape index (κ2) is 4.83. The Labute approximate surface area is 129 Å². The summed E-state index contributed by atoms with van der Waals surface area (Å²) in [6, 6.07) is 3.65. The normalized spacial score (nSPS) is 31.2. The first kappa shape index (κ1) is 14.6. The van der Waals surface area contributed by atoms with E-state index in [1.165, 1.54) is 4.88 Å². The Morgan fingerprint density at radius 1 is 1.38 bits per heavy atom. The number of carbonyl (C=O) groups excluding carboxylic acids is 2. The van der Waals surface area contributed by atoms with Gasteiger partial charge in [-0.1, -0.05) is 0 Å². The van der Waals surface area contributed by atoms with Crippen LogP contribution in [0.3, 0.4) is 0 Å². The lowest BCUT2D eigenvalue weighted by molar-refractivity contribution is -0.157. The van der Waals surface area contributed by atoms with Crippen LogP contribution in [0, 0.1) is 12.8 Å². The summed E-state index contributed by atoms with van der Waals surface area (Å²) >= 11 is 1.69. The van der Waals surface area contributed by atoms with Gasteiger partial charge in [0.2, 0.25) is 11.8 Å². The number of thiophene rings is 1. The molecule has 21 heavy (non-hydrogen) atoms. The van der Waals surface area contributed by atoms with E-state index < -0.39 is 11.6 Å². The Kier molecular flexibility index (Phi) is 3.35. The number of amides is 2. The van der Waals surface area contributed by atoms with Crippen molar-refractivity contribution in [3.8, 4) is 0 Å². The summed E-state index contributed by atoms with van der Waals surface area (Å²) in [6.07, 6.45) is 2.05. The van der Waals surface area contributed by atoms with E-state index in [-0.39, 0.29) is 17.9 Å². The molecule has 5 heteroatoms. The lowest BCUT2D eigenvalue weighted by Crippen LogP contribution is -2.69. The fraction of sp³-hybridized carbons (Fsp3) is 0.625. The predicted molar refractivity (Wildman–Crippen MR) is 83.1 cm³/mol. The fourth-order valence-electron chi connectivity index (χ4n) is 3.25. The maximum atomic E-state index is 13.0. The van der Waals surface area contributed by atoms with Crippen molar-refractivity contribution in [2.24, 2.45) is 5.92 Å². The van der Waals surface area contributed by atoms with Crippen LogP contribution in [-0.2, 0) is 9.59 Å². The molecule has 1 saturated heterocycles. The zero-order valence-electron chi connectivity index (χ0n) is 13.0. The Bertz CT molecular complexity index is 593. The van der Waals surface area contributed by atoms with Crippen LogP contribution in [0.25, 0.3) is 0 Å². The molecule has 2 fully saturated rings. The van der Waals surface area contributed by atoms with Crippen molar-refractivity contribution in [3.63, 3.8) is 0 Å². The molecule has 1 N–H and O–H groups in total. The van der Waals surface area contributed by atoms with Gasteiger partial charge in [-0.3, -0.25) is 9.59 Å². The molecule has 2 heterocycles. The Balaban J connectivity index is 1.94. The van der Waals surface area contributed by atoms with Crippen molar-refractivity contribution >= 4 is 23.2 Å². The topological polar surface area (TPSA) is 49.4 Å². The maximum absolute atomic E-state index is 13.0. The summed E-state index contributed by atoms with van der Waals surface area (Å²) in [5.41, 5.74) is -0.718. The van der Waals surface area contributed by atoms with Crippen LogP contribution in [0.15, 0.2) is 12.1 Å². The lowest BCUT2D eigenvalue weighted by atomic mass is 9.88. The number of carbonyl (C=O) groups is 2. The average molecular weight is 306 g/mol. The zero-order chi connectivity index (χ0) is 15.4. The number of piperazine rings is 1. The second-order valence-corrected chi connectivity index (χ2v) is 7.80. The van der Waals surface area contributed by atoms with Gasteiger partial charge in [0.25, 0.3) is 0 Å². The largest absolute Gasteiger partial charge is 0.340 e. The molecule has 3 rings (SSSR count). The van der Waals surface area contributed by atoms with Gasteiger partial charge in [-0.15, -0.1) is 11.3 Å². The summed E-state index contributed by atoms with van der Waals surface area (Å²) in [5.74, 6) is 0.320. The molecule has 0 bridgehead atoms. The van der Waals surface area contributed by atoms with Crippen LogP contribution in [0.2, 0.25) is 0 Å². The highest BCUT2D eigenvalue weighted by Crippen LogP contribution is 2.44. The van der Waals surface area contributed by atoms with Crippen molar-refractivity contribution in [2.45, 2.75) is 58.2 Å². The van der Waals surface area contributed by atoms with Crippen molar-refractivity contribution < 1.29 is 9.59 Å². The molecule has 0 spiro atoms. The van der Waals surface area contributed by atoms with Gasteiger partial charge >= 0.3 is 0 Å². The van der Waals surface area contributed by atoms with Crippen LogP contribution in [0.4, 0.5) is 0 Å². The molecule has 1 saturated carbocycles. The summed E-state index contributed by atoms with van der Waals surface area (Å²) in [4.78, 5) is 29.5. The van der Waals surface area contributed by atoms with Gasteiger partial charge in [-0.05, 0) is 58.6 Å². The van der Waals surface area contributed by atoms with Crippen molar-refractivity contribution in [3.05, 3.63) is 21.9 Å². The van der Waals surface area contributed by atoms with E-state index in [1.54, 1.807) is 16.2 Å². The minimum atomic E-state index is -0.718. The molecule has 3 unspecified atom stereocenters. The van der Waals surface area contributed by atoms with Gasteiger partial charge in [0, 0.05) is 9.75 Å². The summed E-state index contributed by atoms with van der Waals surface area (Å²) < 4.78 is 0. The van der Waals surface area contributed by atoms with Gasteiger partial charge in [-0.2, -0.15) is 0 Å². The third-order valence-corrected chi connectivity index (χ3v) is 6.01. The molecule has 0 radical (unpaired) electrons. The van der Waals surface area contributed by atoms with E-state index in [0.717, 1.165) is 17.7 Å². The molecular weight excluding hydrogens is 284 g/mol. The molecule has 114 valence electrons. The van der Waals surface area contributed by atoms with Crippen LogP contribution >= 0.6 is 11.3 Å². The SMILES string of the molecule is Cc1ccc(C(C)N2C(=O)C(C)(C3CC3)NC(=O)C2C)s1. The van der Waals surface area contributed by atoms with E-state index in [1.807, 2.05) is 20.8 Å². The first-order valence-corrected chi connectivity index (χ1v) is 8.37. The molecular formula is C16H22N2O2S. The second-order valence-electron chi connectivity index (χ2n) is 6.48. The summed E-state index contributed by atoms with van der Waals surface area (Å²) in [6.45, 7) is 7.78. The average Bonchev–Trinajstić information content (AvgIpc) is 3.20. The Hall–Kier alpha value is -1.36. The summed E-state index contributed by atoms with van der Waals surface area (Å²) in [5, 5.41) is 2.97. The Morgan fingerprint density at radius 3 is 2.57 bits per heavy atom. The third kappa shape index (κ3) is 2.27. The van der Waals surface area contributed by atoms with Crippen molar-refractivity contribution in [1.82, 2.24) is 10.2 Å². The van der Waals surface area contributed by atoms with Gasteiger partial charge < -0.3 is 10.2 Å². The fourth-order valence-corrected chi connectivity index (χ4v) is 4.18. The number of nitrogens with zero attached hydrogens (tertiary/aromatic N) is 1. The van der Waals surface area contributed by atoms with Crippen molar-refractivity contribution in [1.29, 1.82) is 0 Å². The number of rotatable bonds is 3. The van der Waals surface area contributed by atoms with Gasteiger partial charge in [0.1, 0.15) is 11.6 Å². The number of hydrogen-bond donors (Lipinski definition) is 1. The standard InChI is InChI=1S/C16H22N2O2S/c1-9-5-8-13(21-9)10(2)18-11(3)14(19)17-16(4,15(18)20)12-6-7-12/h5,8,10-12H,6-7H2,1-4H3,(H,17,19). The lowest BCUT2D eigenvalue weighted by Gasteiger charge is -2.46. The first-order valence-electron chi connectivity index (χ1n) is 7.55. The van der Waals surface area contributed by atoms with E-state index >= 15 is 0 Å². The summed E-state index contributed by atoms with van der Waals surface area (Å²) in [7, 11) is 0. The van der Waals surface area contributed by atoms with Gasteiger partial charge in [0.05, 0.1) is 6.04 Å². The molecule has 4 nitrogen and oxygen atoms in total. The molecule has 1 aliphatic heterocycles. The first-order chi connectivity index (χ1) is 9.84. The van der Waals surface area contributed by atoms with Crippen molar-refractivity contribution in [2.75, 3.05) is 0 Å². The monoisotopic (exact) mass is 306 g/mol. The van der Waals surface area contributed by atoms with E-state index in [2.05, 4.69) is 24.4 Å². The van der Waals surface area contributed by atoms with Crippen LogP contribution in [0.5, 0.6) is 0 Å². The highest BCUT2D eigenvalue weighted by Gasteiger charge is 2.55. The predicted octanol–water partition coefficient (Wildman–Crippen LogP) is 2.63. The van der Waals surface area contributed by atoms with Crippen LogP contribution in [-0.4, -0.2) is 28.3 Å². The quantitative estimate of drug-likeness (QED) is 0.933. The maximum Gasteiger partial charge on any atom is 0.249 e. The highest BCUT2D eigenvalue weighted by molar-refractivity contribution is 7.12. The number of aryl methyl sites for hydroxylation is 1. The molecule has 1 aliphatic carbocycles. The van der Waals surface area contributed by atoms with Crippen LogP contribution in [0.1, 0.15) is 49.4 Å². The number of hydrogen-bond acceptors (Lipinski definition) is 3.